The summed E-state index contributed by atoms with van der Waals surface area (Å²) in [6.07, 6.45) is 2.63. The van der Waals surface area contributed by atoms with Crippen molar-refractivity contribution in [3.8, 4) is 5.75 Å². The van der Waals surface area contributed by atoms with Crippen LogP contribution in [0.2, 0.25) is 0 Å². The number of benzene rings is 1. The lowest BCUT2D eigenvalue weighted by molar-refractivity contribution is -0.135. The van der Waals surface area contributed by atoms with Crippen LogP contribution in [-0.4, -0.2) is 22.2 Å². The number of pyridine rings is 1. The summed E-state index contributed by atoms with van der Waals surface area (Å²) < 4.78 is 6.19. The molecule has 94 valence electrons. The van der Waals surface area contributed by atoms with Gasteiger partial charge in [0.25, 0.3) is 5.91 Å². The Balaban J connectivity index is 2.35. The van der Waals surface area contributed by atoms with Crippen molar-refractivity contribution in [3.05, 3.63) is 35.1 Å². The Hall–Kier alpha value is -1.66. The first kappa shape index (κ1) is 12.8. The van der Waals surface area contributed by atoms with Gasteiger partial charge in [-0.2, -0.15) is 0 Å². The van der Waals surface area contributed by atoms with Crippen molar-refractivity contribution in [1.82, 2.24) is 10.5 Å². The van der Waals surface area contributed by atoms with E-state index >= 15 is 0 Å². The van der Waals surface area contributed by atoms with Gasteiger partial charge >= 0.3 is 0 Å². The lowest BCUT2D eigenvalue weighted by atomic mass is 10.2. The molecule has 0 aliphatic rings. The molecule has 1 aromatic heterocycles. The van der Waals surface area contributed by atoms with E-state index in [9.17, 15) is 4.79 Å². The predicted octanol–water partition coefficient (Wildman–Crippen LogP) is 2.27. The van der Waals surface area contributed by atoms with Gasteiger partial charge in [-0.1, -0.05) is 6.07 Å². The average molecular weight is 311 g/mol. The maximum atomic E-state index is 11.2. The van der Waals surface area contributed by atoms with Gasteiger partial charge in [-0.3, -0.25) is 15.0 Å². The molecule has 0 fully saturated rings. The first-order valence-electron chi connectivity index (χ1n) is 5.26. The molecule has 0 saturated carbocycles. The normalized spacial score (nSPS) is 12.2. The van der Waals surface area contributed by atoms with Crippen LogP contribution < -0.4 is 10.2 Å². The fraction of sp³-hybridized carbons (Fsp3) is 0.167. The fourth-order valence-corrected chi connectivity index (χ4v) is 2.09. The van der Waals surface area contributed by atoms with Crippen molar-refractivity contribution in [1.29, 1.82) is 0 Å². The molecule has 0 spiro atoms. The Morgan fingerprint density at radius 1 is 1.50 bits per heavy atom. The zero-order valence-electron chi connectivity index (χ0n) is 9.55. The Morgan fingerprint density at radius 2 is 2.28 bits per heavy atom. The number of carbonyl (C=O) groups excluding carboxylic acids is 1. The molecule has 2 aromatic rings. The lowest BCUT2D eigenvalue weighted by Crippen LogP contribution is -2.34. The molecule has 2 rings (SSSR count). The molecule has 5 nitrogen and oxygen atoms in total. The van der Waals surface area contributed by atoms with Crippen molar-refractivity contribution in [2.45, 2.75) is 13.0 Å². The largest absolute Gasteiger partial charge is 0.480 e. The molecule has 0 bridgehead atoms. The second-order valence-electron chi connectivity index (χ2n) is 3.71. The molecular weight excluding hydrogens is 300 g/mol. The maximum absolute atomic E-state index is 11.2. The van der Waals surface area contributed by atoms with Crippen molar-refractivity contribution in [3.63, 3.8) is 0 Å². The van der Waals surface area contributed by atoms with Crippen LogP contribution >= 0.6 is 15.9 Å². The summed E-state index contributed by atoms with van der Waals surface area (Å²) in [6, 6.07) is 5.52. The summed E-state index contributed by atoms with van der Waals surface area (Å²) in [7, 11) is 0. The van der Waals surface area contributed by atoms with Gasteiger partial charge in [0.15, 0.2) is 6.10 Å². The Bertz CT molecular complexity index is 589. The van der Waals surface area contributed by atoms with E-state index in [1.807, 2.05) is 12.1 Å². The average Bonchev–Trinajstić information content (AvgIpc) is 2.41. The summed E-state index contributed by atoms with van der Waals surface area (Å²) in [5, 5.41) is 10.4. The topological polar surface area (TPSA) is 71.5 Å². The fourth-order valence-electron chi connectivity index (χ4n) is 1.53. The van der Waals surface area contributed by atoms with E-state index in [0.717, 1.165) is 15.2 Å². The molecule has 2 N–H and O–H groups in total. The van der Waals surface area contributed by atoms with E-state index in [0.29, 0.717) is 5.75 Å². The van der Waals surface area contributed by atoms with E-state index in [1.165, 1.54) is 0 Å². The van der Waals surface area contributed by atoms with E-state index < -0.39 is 12.0 Å². The summed E-state index contributed by atoms with van der Waals surface area (Å²) in [5.74, 6) is -0.0835. The highest BCUT2D eigenvalue weighted by Crippen LogP contribution is 2.33. The molecule has 6 heteroatoms. The highest BCUT2D eigenvalue weighted by atomic mass is 79.9. The molecule has 18 heavy (non-hydrogen) atoms. The van der Waals surface area contributed by atoms with Gasteiger partial charge in [0.2, 0.25) is 0 Å². The monoisotopic (exact) mass is 310 g/mol. The molecule has 1 aromatic carbocycles. The van der Waals surface area contributed by atoms with Crippen LogP contribution in [0.15, 0.2) is 35.1 Å². The minimum absolute atomic E-state index is 0.520. The molecule has 1 amide bonds. The van der Waals surface area contributed by atoms with Gasteiger partial charge in [-0.05, 0) is 40.4 Å². The van der Waals surface area contributed by atoms with Gasteiger partial charge in [0.05, 0.1) is 4.47 Å². The first-order chi connectivity index (χ1) is 8.63. The van der Waals surface area contributed by atoms with Crippen LogP contribution in [-0.2, 0) is 4.79 Å². The number of hydrogen-bond donors (Lipinski definition) is 2. The van der Waals surface area contributed by atoms with E-state index in [2.05, 4.69) is 20.9 Å². The predicted molar refractivity (Wildman–Crippen MR) is 69.5 cm³/mol. The van der Waals surface area contributed by atoms with Gasteiger partial charge in [0, 0.05) is 17.8 Å². The second-order valence-corrected chi connectivity index (χ2v) is 4.50. The molecular formula is C12H11BrN2O3. The number of hydrogen-bond acceptors (Lipinski definition) is 4. The number of hydroxylamine groups is 1. The zero-order valence-corrected chi connectivity index (χ0v) is 11.1. The highest BCUT2D eigenvalue weighted by Gasteiger charge is 2.16. The summed E-state index contributed by atoms with van der Waals surface area (Å²) in [4.78, 5) is 15.2. The summed E-state index contributed by atoms with van der Waals surface area (Å²) in [5.41, 5.74) is 1.55. The number of halogens is 1. The lowest BCUT2D eigenvalue weighted by Gasteiger charge is -2.14. The third-order valence-corrected chi connectivity index (χ3v) is 3.32. The van der Waals surface area contributed by atoms with Crippen molar-refractivity contribution < 1.29 is 14.7 Å². The molecule has 0 aliphatic heterocycles. The van der Waals surface area contributed by atoms with Crippen LogP contribution in [0.3, 0.4) is 0 Å². The van der Waals surface area contributed by atoms with Crippen LogP contribution in [0.5, 0.6) is 5.75 Å². The minimum Gasteiger partial charge on any atom is -0.480 e. The Morgan fingerprint density at radius 3 is 3.00 bits per heavy atom. The number of rotatable bonds is 3. The molecule has 1 unspecified atom stereocenters. The van der Waals surface area contributed by atoms with Gasteiger partial charge in [-0.15, -0.1) is 0 Å². The first-order valence-corrected chi connectivity index (χ1v) is 6.05. The number of nitrogens with one attached hydrogen (secondary N) is 1. The van der Waals surface area contributed by atoms with E-state index in [-0.39, 0.29) is 0 Å². The Kier molecular flexibility index (Phi) is 3.78. The quantitative estimate of drug-likeness (QED) is 0.674. The number of carbonyl (C=O) groups is 1. The van der Waals surface area contributed by atoms with E-state index in [1.54, 1.807) is 30.9 Å². The zero-order chi connectivity index (χ0) is 13.1. The number of nitrogens with zero attached hydrogens (tertiary/aromatic N) is 1. The number of amides is 1. The molecule has 0 saturated heterocycles. The van der Waals surface area contributed by atoms with Crippen LogP contribution in [0.4, 0.5) is 0 Å². The molecule has 1 atom stereocenters. The summed E-state index contributed by atoms with van der Waals surface area (Å²) in [6.45, 7) is 1.55. The third kappa shape index (κ3) is 2.44. The van der Waals surface area contributed by atoms with Gasteiger partial charge < -0.3 is 4.74 Å². The SMILES string of the molecule is CC(Oc1ccc2ccncc2c1Br)C(=O)NO. The number of aromatic nitrogens is 1. The van der Waals surface area contributed by atoms with Crippen molar-refractivity contribution >= 4 is 32.6 Å². The third-order valence-electron chi connectivity index (χ3n) is 2.51. The molecule has 0 radical (unpaired) electrons. The second kappa shape index (κ2) is 5.32. The molecule has 1 heterocycles. The standard InChI is InChI=1S/C12H11BrN2O3/c1-7(12(16)15-17)18-10-3-2-8-4-5-14-6-9(8)11(10)13/h2-7,17H,1H3,(H,15,16). The Labute approximate surface area is 112 Å². The maximum Gasteiger partial charge on any atom is 0.284 e. The van der Waals surface area contributed by atoms with Crippen LogP contribution in [0, 0.1) is 0 Å². The summed E-state index contributed by atoms with van der Waals surface area (Å²) >= 11 is 3.42. The van der Waals surface area contributed by atoms with Crippen molar-refractivity contribution in [2.24, 2.45) is 0 Å². The number of fused-ring (bicyclic) bond motifs is 1. The van der Waals surface area contributed by atoms with E-state index in [4.69, 9.17) is 9.94 Å². The van der Waals surface area contributed by atoms with Crippen LogP contribution in [0.1, 0.15) is 6.92 Å². The molecule has 0 aliphatic carbocycles. The van der Waals surface area contributed by atoms with Crippen molar-refractivity contribution in [2.75, 3.05) is 0 Å². The van der Waals surface area contributed by atoms with Gasteiger partial charge in [-0.25, -0.2) is 5.48 Å². The highest BCUT2D eigenvalue weighted by molar-refractivity contribution is 9.10. The van der Waals surface area contributed by atoms with Gasteiger partial charge in [0.1, 0.15) is 5.75 Å². The number of ether oxygens (including phenoxy) is 1. The minimum atomic E-state index is -0.791. The smallest absolute Gasteiger partial charge is 0.284 e. The van der Waals surface area contributed by atoms with Crippen LogP contribution in [0.25, 0.3) is 10.8 Å².